The van der Waals surface area contributed by atoms with E-state index in [-0.39, 0.29) is 11.8 Å². The minimum atomic E-state index is -0.546. The van der Waals surface area contributed by atoms with Crippen LogP contribution in [0.2, 0.25) is 10.0 Å². The molecule has 2 aromatic carbocycles. The van der Waals surface area contributed by atoms with Crippen LogP contribution in [0.15, 0.2) is 42.5 Å². The van der Waals surface area contributed by atoms with Gasteiger partial charge in [0.1, 0.15) is 6.04 Å². The molecule has 0 aliphatic carbocycles. The molecule has 0 heterocycles. The number of carbonyl (C=O) groups excluding carboxylic acids is 2. The topological polar surface area (TPSA) is 49.4 Å². The summed E-state index contributed by atoms with van der Waals surface area (Å²) in [6.45, 7) is 8.94. The van der Waals surface area contributed by atoms with Gasteiger partial charge in [-0.05, 0) is 42.5 Å². The molecule has 1 N–H and O–H groups in total. The first-order valence-electron chi connectivity index (χ1n) is 10.9. The van der Waals surface area contributed by atoms with Crippen LogP contribution < -0.4 is 5.32 Å². The minimum absolute atomic E-state index is 0.0697. The molecule has 0 fully saturated rings. The van der Waals surface area contributed by atoms with E-state index < -0.39 is 6.04 Å². The fourth-order valence-corrected chi connectivity index (χ4v) is 4.39. The maximum absolute atomic E-state index is 13.3. The Morgan fingerprint density at radius 2 is 1.69 bits per heavy atom. The van der Waals surface area contributed by atoms with Crippen molar-refractivity contribution in [2.24, 2.45) is 5.92 Å². The van der Waals surface area contributed by atoms with Crippen molar-refractivity contribution in [2.75, 3.05) is 12.3 Å². The predicted octanol–water partition coefficient (Wildman–Crippen LogP) is 6.11. The van der Waals surface area contributed by atoms with Crippen LogP contribution in [-0.2, 0) is 21.9 Å². The summed E-state index contributed by atoms with van der Waals surface area (Å²) < 4.78 is 0. The Balaban J connectivity index is 2.14. The van der Waals surface area contributed by atoms with Gasteiger partial charge in [-0.25, -0.2) is 0 Å². The number of rotatable bonds is 11. The molecule has 174 valence electrons. The Morgan fingerprint density at radius 1 is 1.03 bits per heavy atom. The van der Waals surface area contributed by atoms with Gasteiger partial charge in [0.25, 0.3) is 0 Å². The van der Waals surface area contributed by atoms with Crippen LogP contribution in [0.4, 0.5) is 0 Å². The number of nitrogens with zero attached hydrogens (tertiary/aromatic N) is 1. The van der Waals surface area contributed by atoms with Gasteiger partial charge in [0.2, 0.25) is 11.8 Å². The molecular weight excluding hydrogens is 463 g/mol. The van der Waals surface area contributed by atoms with Gasteiger partial charge in [0, 0.05) is 18.8 Å². The summed E-state index contributed by atoms with van der Waals surface area (Å²) in [4.78, 5) is 27.8. The zero-order chi connectivity index (χ0) is 23.7. The third-order valence-corrected chi connectivity index (χ3v) is 6.75. The van der Waals surface area contributed by atoms with Gasteiger partial charge in [-0.1, -0.05) is 79.9 Å². The predicted molar refractivity (Wildman–Crippen MR) is 136 cm³/mol. The van der Waals surface area contributed by atoms with Gasteiger partial charge in [0.15, 0.2) is 0 Å². The van der Waals surface area contributed by atoms with E-state index in [1.807, 2.05) is 26.8 Å². The van der Waals surface area contributed by atoms with E-state index in [2.05, 4.69) is 36.5 Å². The summed E-state index contributed by atoms with van der Waals surface area (Å²) >= 11 is 13.8. The molecule has 1 atom stereocenters. The van der Waals surface area contributed by atoms with Gasteiger partial charge in [-0.15, -0.1) is 11.8 Å². The Bertz CT molecular complexity index is 903. The second-order valence-corrected chi connectivity index (χ2v) is 10.1. The summed E-state index contributed by atoms with van der Waals surface area (Å²) in [5.74, 6) is 1.17. The third kappa shape index (κ3) is 8.34. The zero-order valence-corrected chi connectivity index (χ0v) is 21.5. The van der Waals surface area contributed by atoms with Crippen LogP contribution in [0.25, 0.3) is 0 Å². The van der Waals surface area contributed by atoms with Crippen LogP contribution in [0, 0.1) is 12.8 Å². The van der Waals surface area contributed by atoms with E-state index in [0.717, 1.165) is 11.3 Å². The molecule has 0 radical (unpaired) electrons. The second kappa shape index (κ2) is 13.1. The molecule has 2 aromatic rings. The smallest absolute Gasteiger partial charge is 0.242 e. The number of halogens is 2. The lowest BCUT2D eigenvalue weighted by Gasteiger charge is -2.31. The molecule has 4 nitrogen and oxygen atoms in total. The van der Waals surface area contributed by atoms with Crippen LogP contribution in [0.1, 0.15) is 43.9 Å². The third-order valence-electron chi connectivity index (χ3n) is 5.02. The van der Waals surface area contributed by atoms with Crippen LogP contribution >= 0.6 is 35.0 Å². The van der Waals surface area contributed by atoms with E-state index >= 15 is 0 Å². The van der Waals surface area contributed by atoms with Crippen molar-refractivity contribution < 1.29 is 9.59 Å². The van der Waals surface area contributed by atoms with Gasteiger partial charge in [-0.2, -0.15) is 0 Å². The van der Waals surface area contributed by atoms with Gasteiger partial charge in [-0.3, -0.25) is 9.59 Å². The monoisotopic (exact) mass is 494 g/mol. The van der Waals surface area contributed by atoms with Gasteiger partial charge < -0.3 is 10.2 Å². The number of hydrogen-bond acceptors (Lipinski definition) is 3. The molecule has 0 aliphatic heterocycles. The van der Waals surface area contributed by atoms with Crippen molar-refractivity contribution in [3.8, 4) is 0 Å². The molecule has 2 amide bonds. The maximum Gasteiger partial charge on any atom is 0.242 e. The SMILES string of the molecule is CC[C@@H](C(=O)NCC(C)C)N(Cc1ccc(Cl)c(Cl)c1)C(=O)CSCc1ccc(C)cc1. The Labute approximate surface area is 206 Å². The number of aryl methyl sites for hydroxylation is 1. The largest absolute Gasteiger partial charge is 0.354 e. The normalized spacial score (nSPS) is 12.0. The highest BCUT2D eigenvalue weighted by molar-refractivity contribution is 7.99. The van der Waals surface area contributed by atoms with E-state index in [4.69, 9.17) is 23.2 Å². The Kier molecular flexibility index (Phi) is 10.9. The molecule has 0 aliphatic rings. The summed E-state index contributed by atoms with van der Waals surface area (Å²) in [5, 5.41) is 3.87. The summed E-state index contributed by atoms with van der Waals surface area (Å²) in [7, 11) is 0. The quantitative estimate of drug-likeness (QED) is 0.409. The molecule has 0 unspecified atom stereocenters. The van der Waals surface area contributed by atoms with Gasteiger partial charge >= 0.3 is 0 Å². The molecule has 7 heteroatoms. The number of amides is 2. The standard InChI is InChI=1S/C25H32Cl2N2O2S/c1-5-23(25(31)28-13-17(2)3)29(14-20-10-11-21(26)22(27)12-20)24(30)16-32-15-19-8-6-18(4)7-9-19/h6-12,17,23H,5,13-16H2,1-4H3,(H,28,31)/t23-/m0/s1. The van der Waals surface area contributed by atoms with Crippen molar-refractivity contribution in [2.45, 2.75) is 52.5 Å². The molecule has 32 heavy (non-hydrogen) atoms. The molecule has 0 aromatic heterocycles. The highest BCUT2D eigenvalue weighted by Crippen LogP contribution is 2.24. The molecule has 2 rings (SSSR count). The molecule has 0 saturated heterocycles. The van der Waals surface area contributed by atoms with Crippen LogP contribution in [-0.4, -0.2) is 35.1 Å². The van der Waals surface area contributed by atoms with Crippen molar-refractivity contribution in [1.29, 1.82) is 0 Å². The molecular formula is C25H32Cl2N2O2S. The summed E-state index contributed by atoms with van der Waals surface area (Å²) in [6, 6.07) is 13.1. The molecule has 0 bridgehead atoms. The Hall–Kier alpha value is -1.69. The lowest BCUT2D eigenvalue weighted by molar-refractivity contribution is -0.139. The van der Waals surface area contributed by atoms with E-state index in [1.54, 1.807) is 28.8 Å². The maximum atomic E-state index is 13.3. The minimum Gasteiger partial charge on any atom is -0.354 e. The van der Waals surface area contributed by atoms with Crippen LogP contribution in [0.3, 0.4) is 0 Å². The van der Waals surface area contributed by atoms with Crippen LogP contribution in [0.5, 0.6) is 0 Å². The first-order chi connectivity index (χ1) is 15.2. The van der Waals surface area contributed by atoms with Gasteiger partial charge in [0.05, 0.1) is 15.8 Å². The number of thioether (sulfide) groups is 1. The van der Waals surface area contributed by atoms with E-state index in [9.17, 15) is 9.59 Å². The zero-order valence-electron chi connectivity index (χ0n) is 19.2. The first-order valence-corrected chi connectivity index (χ1v) is 12.8. The Morgan fingerprint density at radius 3 is 2.28 bits per heavy atom. The van der Waals surface area contributed by atoms with Crippen molar-refractivity contribution >= 4 is 46.8 Å². The summed E-state index contributed by atoms with van der Waals surface area (Å²) in [6.07, 6.45) is 0.527. The average molecular weight is 496 g/mol. The van der Waals surface area contributed by atoms with Crippen molar-refractivity contribution in [3.63, 3.8) is 0 Å². The fraction of sp³-hybridized carbons (Fsp3) is 0.440. The van der Waals surface area contributed by atoms with Crippen molar-refractivity contribution in [3.05, 3.63) is 69.2 Å². The first kappa shape index (κ1) is 26.6. The fourth-order valence-electron chi connectivity index (χ4n) is 3.20. The molecule has 0 spiro atoms. The number of carbonyl (C=O) groups is 2. The van der Waals surface area contributed by atoms with Crippen molar-refractivity contribution in [1.82, 2.24) is 10.2 Å². The van der Waals surface area contributed by atoms with E-state index in [0.29, 0.717) is 41.2 Å². The lowest BCUT2D eigenvalue weighted by atomic mass is 10.1. The van der Waals surface area contributed by atoms with E-state index in [1.165, 1.54) is 11.1 Å². The lowest BCUT2D eigenvalue weighted by Crippen LogP contribution is -2.50. The molecule has 0 saturated carbocycles. The number of nitrogens with one attached hydrogen (secondary N) is 1. The highest BCUT2D eigenvalue weighted by Gasteiger charge is 2.28. The average Bonchev–Trinajstić information content (AvgIpc) is 2.75. The number of benzene rings is 2. The summed E-state index contributed by atoms with van der Waals surface area (Å²) in [5.41, 5.74) is 3.22. The number of hydrogen-bond donors (Lipinski definition) is 1. The highest BCUT2D eigenvalue weighted by atomic mass is 35.5. The second-order valence-electron chi connectivity index (χ2n) is 8.31.